The number of carbonyl (C=O) groups excluding carboxylic acids is 2. The number of benzene rings is 2. The van der Waals surface area contributed by atoms with Gasteiger partial charge < -0.3 is 4.74 Å². The maximum Gasteiger partial charge on any atom is 0.270 e. The summed E-state index contributed by atoms with van der Waals surface area (Å²) in [6, 6.07) is 13.9. The van der Waals surface area contributed by atoms with Gasteiger partial charge in [-0.3, -0.25) is 25.8 Å². The third-order valence-electron chi connectivity index (χ3n) is 3.72. The van der Waals surface area contributed by atoms with Gasteiger partial charge in [-0.15, -0.1) is 0 Å². The summed E-state index contributed by atoms with van der Waals surface area (Å²) in [5, 5.41) is 2.52. The molecule has 6 nitrogen and oxygen atoms in total. The van der Waals surface area contributed by atoms with Crippen LogP contribution in [-0.4, -0.2) is 23.5 Å². The molecule has 0 unspecified atom stereocenters. The number of hydrazine groups is 1. The first kappa shape index (κ1) is 22.1. The first-order valence-electron chi connectivity index (χ1n) is 8.76. The van der Waals surface area contributed by atoms with E-state index >= 15 is 0 Å². The Morgan fingerprint density at radius 3 is 2.36 bits per heavy atom. The molecule has 0 aliphatic rings. The fourth-order valence-electron chi connectivity index (χ4n) is 2.15. The predicted molar refractivity (Wildman–Crippen MR) is 121 cm³/mol. The number of hydrogen-bond acceptors (Lipinski definition) is 4. The topological polar surface area (TPSA) is 79.5 Å². The summed E-state index contributed by atoms with van der Waals surface area (Å²) in [4.78, 5) is 24.4. The number of thiocarbonyl (C=S) groups is 1. The van der Waals surface area contributed by atoms with E-state index in [1.54, 1.807) is 36.4 Å². The largest absolute Gasteiger partial charge is 0.494 e. The molecule has 0 aliphatic heterocycles. The Kier molecular flexibility index (Phi) is 8.65. The Morgan fingerprint density at radius 2 is 1.71 bits per heavy atom. The van der Waals surface area contributed by atoms with Crippen molar-refractivity contribution < 1.29 is 14.3 Å². The van der Waals surface area contributed by atoms with Gasteiger partial charge in [0, 0.05) is 9.13 Å². The minimum Gasteiger partial charge on any atom is -0.494 e. The van der Waals surface area contributed by atoms with Crippen molar-refractivity contribution in [1.29, 1.82) is 0 Å². The Balaban J connectivity index is 1.81. The van der Waals surface area contributed by atoms with Crippen LogP contribution in [0.25, 0.3) is 0 Å². The Morgan fingerprint density at radius 1 is 1.04 bits per heavy atom. The first-order chi connectivity index (χ1) is 13.4. The molecular formula is C20H22IN3O3S. The highest BCUT2D eigenvalue weighted by Gasteiger charge is 2.11. The molecule has 0 spiro atoms. The maximum atomic E-state index is 12.2. The fourth-order valence-corrected chi connectivity index (χ4v) is 2.92. The van der Waals surface area contributed by atoms with Crippen LogP contribution in [0.3, 0.4) is 0 Å². The zero-order chi connectivity index (χ0) is 20.5. The number of hydrogen-bond donors (Lipinski definition) is 3. The zero-order valence-electron chi connectivity index (χ0n) is 15.6. The summed E-state index contributed by atoms with van der Waals surface area (Å²) < 4.78 is 6.44. The monoisotopic (exact) mass is 511 g/mol. The van der Waals surface area contributed by atoms with Gasteiger partial charge in [-0.1, -0.05) is 26.0 Å². The molecule has 0 heterocycles. The predicted octanol–water partition coefficient (Wildman–Crippen LogP) is 3.67. The van der Waals surface area contributed by atoms with Crippen molar-refractivity contribution in [2.75, 3.05) is 6.61 Å². The molecule has 28 heavy (non-hydrogen) atoms. The van der Waals surface area contributed by atoms with Crippen LogP contribution in [0.2, 0.25) is 0 Å². The van der Waals surface area contributed by atoms with Gasteiger partial charge in [0.15, 0.2) is 5.11 Å². The molecule has 0 fully saturated rings. The fraction of sp³-hybridized carbons (Fsp3) is 0.250. The number of carbonyl (C=O) groups is 2. The number of halogens is 1. The molecule has 8 heteroatoms. The lowest BCUT2D eigenvalue weighted by Crippen LogP contribution is -2.48. The molecule has 2 aromatic carbocycles. The molecule has 0 saturated heterocycles. The summed E-state index contributed by atoms with van der Waals surface area (Å²) in [5.74, 6) is 0.561. The molecule has 2 amide bonds. The van der Waals surface area contributed by atoms with E-state index in [1.165, 1.54) is 0 Å². The molecule has 3 N–H and O–H groups in total. The number of amides is 2. The van der Waals surface area contributed by atoms with Crippen LogP contribution in [0.1, 0.15) is 41.0 Å². The van der Waals surface area contributed by atoms with E-state index in [9.17, 15) is 9.59 Å². The third kappa shape index (κ3) is 7.08. The Bertz CT molecular complexity index is 841. The minimum absolute atomic E-state index is 0.00143. The van der Waals surface area contributed by atoms with Gasteiger partial charge in [0.2, 0.25) is 0 Å². The third-order valence-corrected chi connectivity index (χ3v) is 4.86. The van der Waals surface area contributed by atoms with Crippen molar-refractivity contribution in [3.63, 3.8) is 0 Å². The molecule has 0 radical (unpaired) electrons. The molecule has 0 aromatic heterocycles. The quantitative estimate of drug-likeness (QED) is 0.314. The SMILES string of the molecule is CC(C)CCOc1ccc(C(=O)NC(=S)NNC(=O)c2ccccc2I)cc1. The zero-order valence-corrected chi connectivity index (χ0v) is 18.6. The normalized spacial score (nSPS) is 10.3. The van der Waals surface area contributed by atoms with Crippen molar-refractivity contribution in [3.8, 4) is 5.75 Å². The van der Waals surface area contributed by atoms with Crippen molar-refractivity contribution in [3.05, 3.63) is 63.2 Å². The summed E-state index contributed by atoms with van der Waals surface area (Å²) >= 11 is 7.13. The van der Waals surface area contributed by atoms with E-state index < -0.39 is 0 Å². The highest BCUT2D eigenvalue weighted by molar-refractivity contribution is 14.1. The minimum atomic E-state index is -0.380. The van der Waals surface area contributed by atoms with Crippen molar-refractivity contribution >= 4 is 51.7 Å². The number of nitrogens with one attached hydrogen (secondary N) is 3. The van der Waals surface area contributed by atoms with Gasteiger partial charge >= 0.3 is 0 Å². The smallest absolute Gasteiger partial charge is 0.270 e. The molecule has 2 aromatic rings. The summed E-state index contributed by atoms with van der Waals surface area (Å²) in [6.07, 6.45) is 0.968. The van der Waals surface area contributed by atoms with Crippen LogP contribution in [0.5, 0.6) is 5.75 Å². The molecule has 0 saturated carbocycles. The summed E-state index contributed by atoms with van der Waals surface area (Å²) in [6.45, 7) is 4.91. The average molecular weight is 511 g/mol. The first-order valence-corrected chi connectivity index (χ1v) is 10.2. The van der Waals surface area contributed by atoms with Gasteiger partial charge in [-0.25, -0.2) is 0 Å². The van der Waals surface area contributed by atoms with E-state index in [1.807, 2.05) is 12.1 Å². The molecule has 0 bridgehead atoms. The van der Waals surface area contributed by atoms with E-state index in [4.69, 9.17) is 17.0 Å². The van der Waals surface area contributed by atoms with Crippen LogP contribution in [-0.2, 0) is 0 Å². The van der Waals surface area contributed by atoms with Crippen molar-refractivity contribution in [1.82, 2.24) is 16.2 Å². The van der Waals surface area contributed by atoms with Gasteiger partial charge in [-0.05, 0) is 83.5 Å². The molecule has 0 atom stereocenters. The Labute approximate surface area is 183 Å². The van der Waals surface area contributed by atoms with Crippen LogP contribution in [0.4, 0.5) is 0 Å². The lowest BCUT2D eigenvalue weighted by atomic mass is 10.1. The highest BCUT2D eigenvalue weighted by Crippen LogP contribution is 2.13. The standard InChI is InChI=1S/C20H22IN3O3S/c1-13(2)11-12-27-15-9-7-14(8-10-15)18(25)22-20(28)24-23-19(26)16-5-3-4-6-17(16)21/h3-10,13H,11-12H2,1-2H3,(H,23,26)(H2,22,24,25,28). The van der Waals surface area contributed by atoms with E-state index in [2.05, 4.69) is 52.6 Å². The number of ether oxygens (including phenoxy) is 1. The summed E-state index contributed by atoms with van der Waals surface area (Å²) in [5.41, 5.74) is 5.94. The van der Waals surface area contributed by atoms with Crippen LogP contribution in [0, 0.1) is 9.49 Å². The Hall–Kier alpha value is -2.20. The van der Waals surface area contributed by atoms with E-state index in [0.717, 1.165) is 9.99 Å². The highest BCUT2D eigenvalue weighted by atomic mass is 127. The van der Waals surface area contributed by atoms with Gasteiger partial charge in [0.25, 0.3) is 11.8 Å². The lowest BCUT2D eigenvalue weighted by molar-refractivity contribution is 0.0934. The molecular weight excluding hydrogens is 489 g/mol. The van der Waals surface area contributed by atoms with E-state index in [0.29, 0.717) is 29.4 Å². The summed E-state index contributed by atoms with van der Waals surface area (Å²) in [7, 11) is 0. The lowest BCUT2D eigenvalue weighted by Gasteiger charge is -2.12. The van der Waals surface area contributed by atoms with Crippen LogP contribution in [0.15, 0.2) is 48.5 Å². The van der Waals surface area contributed by atoms with Crippen molar-refractivity contribution in [2.45, 2.75) is 20.3 Å². The number of rotatable bonds is 6. The van der Waals surface area contributed by atoms with Crippen LogP contribution < -0.4 is 20.9 Å². The van der Waals surface area contributed by atoms with Crippen molar-refractivity contribution in [2.24, 2.45) is 5.92 Å². The average Bonchev–Trinajstić information content (AvgIpc) is 2.66. The second-order valence-corrected chi connectivity index (χ2v) is 7.97. The van der Waals surface area contributed by atoms with E-state index in [-0.39, 0.29) is 16.9 Å². The second kappa shape index (κ2) is 11.0. The van der Waals surface area contributed by atoms with Gasteiger partial charge in [0.1, 0.15) is 5.75 Å². The molecule has 148 valence electrons. The second-order valence-electron chi connectivity index (χ2n) is 6.40. The van der Waals surface area contributed by atoms with Gasteiger partial charge in [0.05, 0.1) is 12.2 Å². The van der Waals surface area contributed by atoms with Crippen LogP contribution >= 0.6 is 34.8 Å². The molecule has 2 rings (SSSR count). The van der Waals surface area contributed by atoms with Gasteiger partial charge in [-0.2, -0.15) is 0 Å². The maximum absolute atomic E-state index is 12.2. The molecule has 0 aliphatic carbocycles.